The summed E-state index contributed by atoms with van der Waals surface area (Å²) in [6.07, 6.45) is 3.84. The Morgan fingerprint density at radius 1 is 1.50 bits per heavy atom. The Labute approximate surface area is 102 Å². The van der Waals surface area contributed by atoms with Crippen LogP contribution < -0.4 is 5.32 Å². The first-order chi connectivity index (χ1) is 7.54. The number of nitrogens with one attached hydrogen (secondary N) is 1. The highest BCUT2D eigenvalue weighted by molar-refractivity contribution is 7.11. The van der Waals surface area contributed by atoms with Crippen LogP contribution in [0.2, 0.25) is 0 Å². The van der Waals surface area contributed by atoms with Crippen LogP contribution in [0.1, 0.15) is 55.1 Å². The predicted octanol–water partition coefficient (Wildman–Crippen LogP) is 3.08. The molecular formula is C13H22N2S. The largest absolute Gasteiger partial charge is 0.319 e. The summed E-state index contributed by atoms with van der Waals surface area (Å²) >= 11 is 1.93. The first-order valence-corrected chi connectivity index (χ1v) is 7.01. The van der Waals surface area contributed by atoms with E-state index in [1.165, 1.54) is 34.8 Å². The van der Waals surface area contributed by atoms with Crippen LogP contribution in [0.3, 0.4) is 0 Å². The summed E-state index contributed by atoms with van der Waals surface area (Å²) in [5.74, 6) is 0.538. The van der Waals surface area contributed by atoms with Crippen molar-refractivity contribution in [2.45, 2.75) is 51.4 Å². The fourth-order valence-corrected chi connectivity index (χ4v) is 3.82. The van der Waals surface area contributed by atoms with E-state index in [9.17, 15) is 0 Å². The highest BCUT2D eigenvalue weighted by Crippen LogP contribution is 2.40. The summed E-state index contributed by atoms with van der Waals surface area (Å²) in [5, 5.41) is 4.55. The monoisotopic (exact) mass is 238 g/mol. The van der Waals surface area contributed by atoms with Crippen LogP contribution in [0.4, 0.5) is 0 Å². The van der Waals surface area contributed by atoms with Crippen molar-refractivity contribution in [1.82, 2.24) is 10.3 Å². The number of fused-ring (bicyclic) bond motifs is 1. The topological polar surface area (TPSA) is 24.9 Å². The van der Waals surface area contributed by atoms with Crippen molar-refractivity contribution in [3.63, 3.8) is 0 Å². The van der Waals surface area contributed by atoms with Gasteiger partial charge in [0.2, 0.25) is 0 Å². The van der Waals surface area contributed by atoms with Gasteiger partial charge in [0, 0.05) is 22.8 Å². The number of aromatic nitrogens is 1. The van der Waals surface area contributed by atoms with E-state index in [4.69, 9.17) is 4.98 Å². The number of nitrogens with zero attached hydrogens (tertiary/aromatic N) is 1. The van der Waals surface area contributed by atoms with Gasteiger partial charge in [0.15, 0.2) is 0 Å². The van der Waals surface area contributed by atoms with Gasteiger partial charge in [0.05, 0.1) is 10.7 Å². The molecule has 0 bridgehead atoms. The minimum atomic E-state index is 0.293. The van der Waals surface area contributed by atoms with Crippen molar-refractivity contribution in [1.29, 1.82) is 0 Å². The summed E-state index contributed by atoms with van der Waals surface area (Å²) in [6.45, 7) is 7.94. The molecule has 1 aromatic rings. The molecule has 0 saturated carbocycles. The molecule has 0 aromatic carbocycles. The Balaban J connectivity index is 2.29. The standard InChI is InChI=1S/C13H22N2S/c1-9(8-14-4)12-15-11-10(16-12)6-5-7-13(11,2)3/h9,14H,5-8H2,1-4H3. The van der Waals surface area contributed by atoms with Gasteiger partial charge in [-0.05, 0) is 26.3 Å². The third-order valence-corrected chi connectivity index (χ3v) is 4.84. The molecule has 0 aliphatic heterocycles. The summed E-state index contributed by atoms with van der Waals surface area (Å²) in [7, 11) is 2.01. The molecular weight excluding hydrogens is 216 g/mol. The molecule has 1 aliphatic rings. The molecule has 0 spiro atoms. The SMILES string of the molecule is CNCC(C)c1nc2c(s1)CCCC2(C)C. The number of hydrogen-bond donors (Lipinski definition) is 1. The molecule has 0 radical (unpaired) electrons. The van der Waals surface area contributed by atoms with Gasteiger partial charge in [-0.1, -0.05) is 20.8 Å². The van der Waals surface area contributed by atoms with Gasteiger partial charge in [0.25, 0.3) is 0 Å². The van der Waals surface area contributed by atoms with Crippen LogP contribution in [0.25, 0.3) is 0 Å². The van der Waals surface area contributed by atoms with Crippen molar-refractivity contribution in [3.05, 3.63) is 15.6 Å². The molecule has 1 atom stereocenters. The number of hydrogen-bond acceptors (Lipinski definition) is 3. The average molecular weight is 238 g/mol. The molecule has 1 N–H and O–H groups in total. The van der Waals surface area contributed by atoms with Crippen LogP contribution >= 0.6 is 11.3 Å². The van der Waals surface area contributed by atoms with Crippen molar-refractivity contribution in [2.24, 2.45) is 0 Å². The Hall–Kier alpha value is -0.410. The van der Waals surface area contributed by atoms with E-state index in [-0.39, 0.29) is 0 Å². The van der Waals surface area contributed by atoms with Gasteiger partial charge in [-0.25, -0.2) is 4.98 Å². The lowest BCUT2D eigenvalue weighted by Gasteiger charge is -2.28. The molecule has 1 aromatic heterocycles. The van der Waals surface area contributed by atoms with E-state index in [2.05, 4.69) is 26.1 Å². The Morgan fingerprint density at radius 3 is 2.88 bits per heavy atom. The van der Waals surface area contributed by atoms with Gasteiger partial charge in [0.1, 0.15) is 0 Å². The first kappa shape index (κ1) is 12.1. The Morgan fingerprint density at radius 2 is 2.25 bits per heavy atom. The number of thiazole rings is 1. The molecule has 0 fully saturated rings. The van der Waals surface area contributed by atoms with Crippen LogP contribution in [0.5, 0.6) is 0 Å². The lowest BCUT2D eigenvalue weighted by molar-refractivity contribution is 0.422. The second kappa shape index (κ2) is 4.46. The van der Waals surface area contributed by atoms with E-state index in [1.807, 2.05) is 18.4 Å². The van der Waals surface area contributed by atoms with Gasteiger partial charge >= 0.3 is 0 Å². The number of aryl methyl sites for hydroxylation is 1. The van der Waals surface area contributed by atoms with E-state index >= 15 is 0 Å². The Bertz CT molecular complexity index is 368. The van der Waals surface area contributed by atoms with Crippen molar-refractivity contribution < 1.29 is 0 Å². The summed E-state index contributed by atoms with van der Waals surface area (Å²) in [6, 6.07) is 0. The van der Waals surface area contributed by atoms with Crippen molar-refractivity contribution >= 4 is 11.3 Å². The van der Waals surface area contributed by atoms with Crippen LogP contribution in [0.15, 0.2) is 0 Å². The third kappa shape index (κ3) is 2.16. The fourth-order valence-electron chi connectivity index (χ4n) is 2.48. The molecule has 0 saturated heterocycles. The quantitative estimate of drug-likeness (QED) is 0.875. The third-order valence-electron chi connectivity index (χ3n) is 3.49. The number of rotatable bonds is 3. The first-order valence-electron chi connectivity index (χ1n) is 6.19. The van der Waals surface area contributed by atoms with Crippen molar-refractivity contribution in [3.8, 4) is 0 Å². The van der Waals surface area contributed by atoms with Gasteiger partial charge < -0.3 is 5.32 Å². The number of likely N-dealkylation sites (N-methyl/N-ethyl adjacent to an activating group) is 1. The summed E-state index contributed by atoms with van der Waals surface area (Å²) in [5.41, 5.74) is 1.67. The highest BCUT2D eigenvalue weighted by atomic mass is 32.1. The molecule has 1 aliphatic carbocycles. The van der Waals surface area contributed by atoms with E-state index in [0.717, 1.165) is 6.54 Å². The molecule has 0 amide bonds. The maximum atomic E-state index is 4.90. The zero-order chi connectivity index (χ0) is 11.8. The zero-order valence-corrected chi connectivity index (χ0v) is 11.6. The lowest BCUT2D eigenvalue weighted by Crippen LogP contribution is -2.23. The van der Waals surface area contributed by atoms with E-state index in [1.54, 1.807) is 0 Å². The Kier molecular flexibility index (Phi) is 3.36. The van der Waals surface area contributed by atoms with E-state index in [0.29, 0.717) is 11.3 Å². The molecule has 16 heavy (non-hydrogen) atoms. The predicted molar refractivity (Wildman–Crippen MR) is 70.4 cm³/mol. The smallest absolute Gasteiger partial charge is 0.0972 e. The molecule has 1 unspecified atom stereocenters. The lowest BCUT2D eigenvalue weighted by atomic mass is 9.79. The average Bonchev–Trinajstić information content (AvgIpc) is 2.63. The van der Waals surface area contributed by atoms with Crippen LogP contribution in [-0.4, -0.2) is 18.6 Å². The second-order valence-corrected chi connectivity index (χ2v) is 6.64. The van der Waals surface area contributed by atoms with E-state index < -0.39 is 0 Å². The van der Waals surface area contributed by atoms with Crippen LogP contribution in [0, 0.1) is 0 Å². The van der Waals surface area contributed by atoms with Gasteiger partial charge in [-0.2, -0.15) is 0 Å². The summed E-state index contributed by atoms with van der Waals surface area (Å²) in [4.78, 5) is 6.44. The van der Waals surface area contributed by atoms with Crippen LogP contribution in [-0.2, 0) is 11.8 Å². The van der Waals surface area contributed by atoms with Gasteiger partial charge in [-0.15, -0.1) is 11.3 Å². The molecule has 1 heterocycles. The molecule has 2 nitrogen and oxygen atoms in total. The fraction of sp³-hybridized carbons (Fsp3) is 0.769. The summed E-state index contributed by atoms with van der Waals surface area (Å²) < 4.78 is 0. The minimum Gasteiger partial charge on any atom is -0.319 e. The second-order valence-electron chi connectivity index (χ2n) is 5.52. The highest BCUT2D eigenvalue weighted by Gasteiger charge is 2.31. The zero-order valence-electron chi connectivity index (χ0n) is 10.8. The maximum Gasteiger partial charge on any atom is 0.0972 e. The molecule has 2 rings (SSSR count). The normalized spacial score (nSPS) is 20.5. The molecule has 90 valence electrons. The minimum absolute atomic E-state index is 0.293. The maximum absolute atomic E-state index is 4.90. The van der Waals surface area contributed by atoms with Gasteiger partial charge in [-0.3, -0.25) is 0 Å². The molecule has 3 heteroatoms. The van der Waals surface area contributed by atoms with Crippen molar-refractivity contribution in [2.75, 3.05) is 13.6 Å².